The number of amides is 1. The molecule has 1 heterocycles. The van der Waals surface area contributed by atoms with Gasteiger partial charge in [-0.1, -0.05) is 38.1 Å². The molecule has 0 aromatic heterocycles. The molecule has 0 saturated carbocycles. The molecule has 166 valence electrons. The summed E-state index contributed by atoms with van der Waals surface area (Å²) in [7, 11) is 0. The van der Waals surface area contributed by atoms with Crippen LogP contribution >= 0.6 is 12.2 Å². The molecular weight excluding hydrogens is 412 g/mol. The van der Waals surface area contributed by atoms with Gasteiger partial charge in [-0.15, -0.1) is 0 Å². The molecule has 2 aromatic carbocycles. The van der Waals surface area contributed by atoms with E-state index < -0.39 is 0 Å². The average molecular weight is 443 g/mol. The van der Waals surface area contributed by atoms with Crippen molar-refractivity contribution in [3.05, 3.63) is 54.1 Å². The Kier molecular flexibility index (Phi) is 8.67. The quantitative estimate of drug-likeness (QED) is 0.544. The Morgan fingerprint density at radius 1 is 1.13 bits per heavy atom. The topological polar surface area (TPSA) is 68.8 Å². The van der Waals surface area contributed by atoms with Crippen molar-refractivity contribution in [3.63, 3.8) is 0 Å². The Balaban J connectivity index is 1.58. The van der Waals surface area contributed by atoms with Gasteiger partial charge in [0.2, 0.25) is 0 Å². The molecule has 31 heavy (non-hydrogen) atoms. The Morgan fingerprint density at radius 2 is 1.87 bits per heavy atom. The predicted molar refractivity (Wildman–Crippen MR) is 126 cm³/mol. The van der Waals surface area contributed by atoms with E-state index >= 15 is 0 Å². The minimum absolute atomic E-state index is 0.118. The van der Waals surface area contributed by atoms with Gasteiger partial charge in [-0.25, -0.2) is 0 Å². The van der Waals surface area contributed by atoms with E-state index in [-0.39, 0.29) is 17.1 Å². The minimum Gasteiger partial charge on any atom is -0.493 e. The fraction of sp³-hybridized carbons (Fsp3) is 0.417. The smallest absolute Gasteiger partial charge is 0.261 e. The largest absolute Gasteiger partial charge is 0.493 e. The Hall–Kier alpha value is -2.64. The van der Waals surface area contributed by atoms with Crippen molar-refractivity contribution in [2.45, 2.75) is 39.2 Å². The minimum atomic E-state index is -0.324. The van der Waals surface area contributed by atoms with Gasteiger partial charge in [0, 0.05) is 6.61 Å². The molecule has 1 aliphatic rings. The molecule has 0 aliphatic carbocycles. The molecule has 0 radical (unpaired) electrons. The van der Waals surface area contributed by atoms with Crippen LogP contribution in [0.15, 0.2) is 48.5 Å². The Morgan fingerprint density at radius 3 is 2.61 bits per heavy atom. The molecular formula is C24H30N2O4S. The Bertz CT molecular complexity index is 881. The summed E-state index contributed by atoms with van der Waals surface area (Å²) in [6.45, 7) is 6.09. The molecule has 0 bridgehead atoms. The van der Waals surface area contributed by atoms with Gasteiger partial charge in [0.1, 0.15) is 18.1 Å². The number of thiocarbonyl (C=S) groups is 1. The van der Waals surface area contributed by atoms with E-state index in [4.69, 9.17) is 26.4 Å². The number of hydrogen-bond donors (Lipinski definition) is 2. The maximum absolute atomic E-state index is 12.8. The third-order valence-electron chi connectivity index (χ3n) is 4.90. The summed E-state index contributed by atoms with van der Waals surface area (Å²) in [6.07, 6.45) is 3.10. The van der Waals surface area contributed by atoms with Crippen molar-refractivity contribution in [2.24, 2.45) is 5.92 Å². The Labute approximate surface area is 189 Å². The average Bonchev–Trinajstić information content (AvgIpc) is 3.27. The fourth-order valence-electron chi connectivity index (χ4n) is 3.16. The number of nitrogens with one attached hydrogen (secondary N) is 2. The monoisotopic (exact) mass is 442 g/mol. The highest BCUT2D eigenvalue weighted by atomic mass is 32.1. The second-order valence-electron chi connectivity index (χ2n) is 7.88. The van der Waals surface area contributed by atoms with Gasteiger partial charge in [0.05, 0.1) is 24.0 Å². The van der Waals surface area contributed by atoms with Crippen LogP contribution in [-0.2, 0) is 4.74 Å². The first-order chi connectivity index (χ1) is 15.0. The van der Waals surface area contributed by atoms with E-state index in [1.807, 2.05) is 30.3 Å². The second kappa shape index (κ2) is 11.7. The van der Waals surface area contributed by atoms with Crippen LogP contribution in [0.5, 0.6) is 11.5 Å². The number of carbonyl (C=O) groups excluding carboxylic acids is 1. The lowest BCUT2D eigenvalue weighted by atomic mass is 10.1. The number of ether oxygens (including phenoxy) is 3. The van der Waals surface area contributed by atoms with Crippen molar-refractivity contribution < 1.29 is 19.0 Å². The summed E-state index contributed by atoms with van der Waals surface area (Å²) in [4.78, 5) is 12.8. The predicted octanol–water partition coefficient (Wildman–Crippen LogP) is 4.80. The third kappa shape index (κ3) is 7.22. The molecule has 3 rings (SSSR count). The van der Waals surface area contributed by atoms with Crippen molar-refractivity contribution in [3.8, 4) is 11.5 Å². The molecule has 1 aliphatic heterocycles. The van der Waals surface area contributed by atoms with Crippen molar-refractivity contribution in [2.75, 3.05) is 25.1 Å². The van der Waals surface area contributed by atoms with Gasteiger partial charge in [0.25, 0.3) is 5.91 Å². The molecule has 7 heteroatoms. The van der Waals surface area contributed by atoms with E-state index in [1.54, 1.807) is 18.2 Å². The molecule has 2 N–H and O–H groups in total. The van der Waals surface area contributed by atoms with Gasteiger partial charge >= 0.3 is 0 Å². The number of para-hydroxylation sites is 3. The maximum atomic E-state index is 12.8. The van der Waals surface area contributed by atoms with Crippen LogP contribution in [0.4, 0.5) is 5.69 Å². The molecule has 0 spiro atoms. The first kappa shape index (κ1) is 23.0. The van der Waals surface area contributed by atoms with Crippen LogP contribution in [-0.4, -0.2) is 36.9 Å². The zero-order valence-corrected chi connectivity index (χ0v) is 18.9. The molecule has 2 aromatic rings. The summed E-state index contributed by atoms with van der Waals surface area (Å²) in [6, 6.07) is 14.6. The molecule has 1 atom stereocenters. The van der Waals surface area contributed by atoms with Crippen molar-refractivity contribution >= 4 is 28.9 Å². The van der Waals surface area contributed by atoms with Crippen LogP contribution < -0.4 is 20.1 Å². The van der Waals surface area contributed by atoms with Crippen molar-refractivity contribution in [1.82, 2.24) is 5.32 Å². The molecule has 6 nitrogen and oxygen atoms in total. The highest BCUT2D eigenvalue weighted by molar-refractivity contribution is 7.80. The number of benzene rings is 2. The first-order valence-electron chi connectivity index (χ1n) is 10.7. The lowest BCUT2D eigenvalue weighted by molar-refractivity contribution is 0.0682. The summed E-state index contributed by atoms with van der Waals surface area (Å²) in [5.74, 6) is 1.41. The second-order valence-corrected chi connectivity index (χ2v) is 8.29. The van der Waals surface area contributed by atoms with E-state index in [2.05, 4.69) is 24.5 Å². The van der Waals surface area contributed by atoms with Gasteiger partial charge in [0.15, 0.2) is 5.11 Å². The summed E-state index contributed by atoms with van der Waals surface area (Å²) < 4.78 is 17.3. The van der Waals surface area contributed by atoms with Gasteiger partial charge in [-0.2, -0.15) is 0 Å². The van der Waals surface area contributed by atoms with E-state index in [0.717, 1.165) is 25.9 Å². The SMILES string of the molecule is CC(C)CCOc1ccccc1C(=O)NC(=S)Nc1ccccc1OCC1CCCO1. The van der Waals surface area contributed by atoms with Crippen LogP contribution in [0.3, 0.4) is 0 Å². The highest BCUT2D eigenvalue weighted by Gasteiger charge is 2.18. The van der Waals surface area contributed by atoms with Gasteiger partial charge < -0.3 is 19.5 Å². The zero-order valence-electron chi connectivity index (χ0n) is 18.1. The highest BCUT2D eigenvalue weighted by Crippen LogP contribution is 2.25. The van der Waals surface area contributed by atoms with Crippen molar-refractivity contribution in [1.29, 1.82) is 0 Å². The zero-order chi connectivity index (χ0) is 22.1. The molecule has 1 unspecified atom stereocenters. The van der Waals surface area contributed by atoms with Crippen LogP contribution in [0, 0.1) is 5.92 Å². The number of rotatable bonds is 9. The van der Waals surface area contributed by atoms with Gasteiger partial charge in [-0.05, 0) is 61.7 Å². The summed E-state index contributed by atoms with van der Waals surface area (Å²) >= 11 is 5.36. The molecule has 1 fully saturated rings. The standard InChI is InChI=1S/C24H30N2O4S/c1-17(2)13-15-29-21-11-5-3-9-19(21)23(27)26-24(31)25-20-10-4-6-12-22(20)30-16-18-8-7-14-28-18/h3-6,9-12,17-18H,7-8,13-16H2,1-2H3,(H2,25,26,27,31). The van der Waals surface area contributed by atoms with Gasteiger partial charge in [-0.3, -0.25) is 10.1 Å². The molecule has 1 saturated heterocycles. The molecule has 1 amide bonds. The number of carbonyl (C=O) groups is 1. The number of hydrogen-bond acceptors (Lipinski definition) is 5. The summed E-state index contributed by atoms with van der Waals surface area (Å²) in [5, 5.41) is 5.98. The fourth-order valence-corrected chi connectivity index (χ4v) is 3.37. The first-order valence-corrected chi connectivity index (χ1v) is 11.1. The third-order valence-corrected chi connectivity index (χ3v) is 5.10. The lowest BCUT2D eigenvalue weighted by Crippen LogP contribution is -2.34. The maximum Gasteiger partial charge on any atom is 0.261 e. The van der Waals surface area contributed by atoms with Crippen LogP contribution in [0.2, 0.25) is 0 Å². The van der Waals surface area contributed by atoms with E-state index in [9.17, 15) is 4.79 Å². The van der Waals surface area contributed by atoms with E-state index in [1.165, 1.54) is 0 Å². The van der Waals surface area contributed by atoms with Crippen LogP contribution in [0.1, 0.15) is 43.5 Å². The van der Waals surface area contributed by atoms with Crippen LogP contribution in [0.25, 0.3) is 0 Å². The number of anilines is 1. The summed E-state index contributed by atoms with van der Waals surface area (Å²) in [5.41, 5.74) is 1.13. The normalized spacial score (nSPS) is 15.5. The van der Waals surface area contributed by atoms with E-state index in [0.29, 0.717) is 41.9 Å². The lowest BCUT2D eigenvalue weighted by Gasteiger charge is -2.17.